The molecule has 3 rings (SSSR count). The molecule has 1 N–H and O–H groups in total. The Kier molecular flexibility index (Phi) is 3.03. The zero-order valence-electron chi connectivity index (χ0n) is 10.5. The number of aryl methyl sites for hydroxylation is 1. The number of rotatable bonds is 4. The summed E-state index contributed by atoms with van der Waals surface area (Å²) in [6, 6.07) is 3.50. The molecule has 0 bridgehead atoms. The molecule has 102 valence electrons. The highest BCUT2D eigenvalue weighted by atomic mass is 32.1. The van der Waals surface area contributed by atoms with Crippen LogP contribution in [0.25, 0.3) is 10.2 Å². The van der Waals surface area contributed by atoms with Crippen molar-refractivity contribution in [3.8, 4) is 0 Å². The molecule has 0 unspecified atom stereocenters. The SMILES string of the molecule is Cn1cnc(CNc2ccc3scnc3c2[N+](=O)[O-])n1. The monoisotopic (exact) mass is 290 g/mol. The Hall–Kier alpha value is -2.55. The van der Waals surface area contributed by atoms with E-state index in [9.17, 15) is 10.1 Å². The lowest BCUT2D eigenvalue weighted by Gasteiger charge is -2.05. The maximum atomic E-state index is 11.2. The van der Waals surface area contributed by atoms with Crippen LogP contribution >= 0.6 is 11.3 Å². The molecule has 3 aromatic rings. The predicted molar refractivity (Wildman–Crippen MR) is 74.6 cm³/mol. The van der Waals surface area contributed by atoms with Crippen molar-refractivity contribution >= 4 is 32.9 Å². The van der Waals surface area contributed by atoms with Crippen molar-refractivity contribution in [2.75, 3.05) is 5.32 Å². The third kappa shape index (κ3) is 2.18. The summed E-state index contributed by atoms with van der Waals surface area (Å²) in [4.78, 5) is 18.9. The van der Waals surface area contributed by atoms with E-state index >= 15 is 0 Å². The molecule has 1 aromatic carbocycles. The largest absolute Gasteiger partial charge is 0.372 e. The molecular formula is C11H10N6O2S. The fraction of sp³-hybridized carbons (Fsp3) is 0.182. The number of thiazole rings is 1. The molecular weight excluding hydrogens is 280 g/mol. The van der Waals surface area contributed by atoms with E-state index in [1.54, 1.807) is 29.6 Å². The number of anilines is 1. The van der Waals surface area contributed by atoms with E-state index in [1.807, 2.05) is 6.07 Å². The van der Waals surface area contributed by atoms with Crippen molar-refractivity contribution in [2.45, 2.75) is 6.54 Å². The van der Waals surface area contributed by atoms with E-state index in [-0.39, 0.29) is 5.69 Å². The van der Waals surface area contributed by atoms with E-state index in [2.05, 4.69) is 20.4 Å². The first kappa shape index (κ1) is 12.5. The summed E-state index contributed by atoms with van der Waals surface area (Å²) in [6.07, 6.45) is 1.58. The summed E-state index contributed by atoms with van der Waals surface area (Å²) in [5.74, 6) is 0.570. The van der Waals surface area contributed by atoms with Crippen LogP contribution in [0.3, 0.4) is 0 Å². The number of nitro benzene ring substituents is 1. The second kappa shape index (κ2) is 4.85. The number of nitrogens with zero attached hydrogens (tertiary/aromatic N) is 5. The highest BCUT2D eigenvalue weighted by Gasteiger charge is 2.20. The van der Waals surface area contributed by atoms with Crippen molar-refractivity contribution in [3.05, 3.63) is 39.9 Å². The molecule has 0 saturated heterocycles. The smallest absolute Gasteiger partial charge is 0.319 e. The Balaban J connectivity index is 1.94. The van der Waals surface area contributed by atoms with Crippen molar-refractivity contribution in [3.63, 3.8) is 0 Å². The summed E-state index contributed by atoms with van der Waals surface area (Å²) in [7, 11) is 1.76. The van der Waals surface area contributed by atoms with Gasteiger partial charge < -0.3 is 5.32 Å². The Labute approximate surface area is 117 Å². The molecule has 20 heavy (non-hydrogen) atoms. The molecule has 0 spiro atoms. The Morgan fingerprint density at radius 2 is 2.30 bits per heavy atom. The van der Waals surface area contributed by atoms with Crippen LogP contribution < -0.4 is 5.32 Å². The molecule has 0 aliphatic carbocycles. The van der Waals surface area contributed by atoms with E-state index in [4.69, 9.17) is 0 Å². The van der Waals surface area contributed by atoms with E-state index in [0.717, 1.165) is 4.70 Å². The minimum atomic E-state index is -0.420. The van der Waals surface area contributed by atoms with Gasteiger partial charge in [0, 0.05) is 7.05 Å². The van der Waals surface area contributed by atoms with Crippen molar-refractivity contribution < 1.29 is 4.92 Å². The fourth-order valence-corrected chi connectivity index (χ4v) is 2.56. The van der Waals surface area contributed by atoms with Gasteiger partial charge in [-0.25, -0.2) is 9.97 Å². The molecule has 0 radical (unpaired) electrons. The number of nitro groups is 1. The molecule has 9 heteroatoms. The van der Waals surface area contributed by atoms with E-state index in [0.29, 0.717) is 23.6 Å². The second-order valence-electron chi connectivity index (χ2n) is 4.11. The summed E-state index contributed by atoms with van der Waals surface area (Å²) in [5.41, 5.74) is 2.40. The van der Waals surface area contributed by atoms with Gasteiger partial charge in [0.25, 0.3) is 0 Å². The van der Waals surface area contributed by atoms with Crippen LogP contribution in [0, 0.1) is 10.1 Å². The Morgan fingerprint density at radius 1 is 1.45 bits per heavy atom. The van der Waals surface area contributed by atoms with Crippen LogP contribution in [-0.4, -0.2) is 24.7 Å². The minimum absolute atomic E-state index is 0.0142. The quantitative estimate of drug-likeness (QED) is 0.582. The first-order chi connectivity index (χ1) is 9.65. The van der Waals surface area contributed by atoms with Crippen LogP contribution in [0.5, 0.6) is 0 Å². The first-order valence-electron chi connectivity index (χ1n) is 5.74. The average molecular weight is 290 g/mol. The zero-order chi connectivity index (χ0) is 14.1. The van der Waals surface area contributed by atoms with Gasteiger partial charge in [-0.3, -0.25) is 14.8 Å². The van der Waals surface area contributed by atoms with E-state index in [1.165, 1.54) is 11.3 Å². The van der Waals surface area contributed by atoms with Crippen LogP contribution in [-0.2, 0) is 13.6 Å². The number of nitrogens with one attached hydrogen (secondary N) is 1. The van der Waals surface area contributed by atoms with Gasteiger partial charge in [0.2, 0.25) is 0 Å². The second-order valence-corrected chi connectivity index (χ2v) is 4.99. The third-order valence-corrected chi connectivity index (χ3v) is 3.54. The zero-order valence-corrected chi connectivity index (χ0v) is 11.3. The minimum Gasteiger partial charge on any atom is -0.372 e. The fourth-order valence-electron chi connectivity index (χ4n) is 1.88. The topological polar surface area (TPSA) is 98.8 Å². The standard InChI is InChI=1S/C11H10N6O2S/c1-16-5-13-9(15-16)4-12-7-2-3-8-10(14-6-20-8)11(7)17(18)19/h2-3,5-6,12H,4H2,1H3. The van der Waals surface area contributed by atoms with Crippen molar-refractivity contribution in [1.29, 1.82) is 0 Å². The number of aromatic nitrogens is 4. The van der Waals surface area contributed by atoms with Gasteiger partial charge in [0.1, 0.15) is 12.0 Å². The summed E-state index contributed by atoms with van der Waals surface area (Å²) >= 11 is 1.37. The van der Waals surface area contributed by atoms with Crippen molar-refractivity contribution in [2.24, 2.45) is 7.05 Å². The molecule has 0 saturated carbocycles. The van der Waals surface area contributed by atoms with Gasteiger partial charge in [0.15, 0.2) is 11.3 Å². The molecule has 0 fully saturated rings. The van der Waals surface area contributed by atoms with Crippen LogP contribution in [0.1, 0.15) is 5.82 Å². The molecule has 2 heterocycles. The first-order valence-corrected chi connectivity index (χ1v) is 6.62. The molecule has 0 aliphatic rings. The lowest BCUT2D eigenvalue weighted by atomic mass is 10.2. The van der Waals surface area contributed by atoms with Gasteiger partial charge in [-0.1, -0.05) is 0 Å². The third-order valence-electron chi connectivity index (χ3n) is 2.74. The van der Waals surface area contributed by atoms with Gasteiger partial charge in [-0.2, -0.15) is 5.10 Å². The molecule has 2 aromatic heterocycles. The van der Waals surface area contributed by atoms with Gasteiger partial charge >= 0.3 is 5.69 Å². The van der Waals surface area contributed by atoms with Crippen LogP contribution in [0.4, 0.5) is 11.4 Å². The number of hydrogen-bond acceptors (Lipinski definition) is 7. The predicted octanol–water partition coefficient (Wildman–Crippen LogP) is 1.95. The molecule has 8 nitrogen and oxygen atoms in total. The maximum absolute atomic E-state index is 11.2. The molecule has 0 amide bonds. The van der Waals surface area contributed by atoms with Gasteiger partial charge in [-0.05, 0) is 12.1 Å². The van der Waals surface area contributed by atoms with Gasteiger partial charge in [0.05, 0.1) is 21.7 Å². The summed E-state index contributed by atoms with van der Waals surface area (Å²) in [5, 5.41) is 18.3. The molecule has 0 aliphatic heterocycles. The van der Waals surface area contributed by atoms with E-state index < -0.39 is 4.92 Å². The van der Waals surface area contributed by atoms with Crippen LogP contribution in [0.15, 0.2) is 24.0 Å². The van der Waals surface area contributed by atoms with Crippen LogP contribution in [0.2, 0.25) is 0 Å². The Bertz CT molecular complexity index is 780. The lowest BCUT2D eigenvalue weighted by Crippen LogP contribution is -2.05. The molecule has 0 atom stereocenters. The van der Waals surface area contributed by atoms with Crippen molar-refractivity contribution in [1.82, 2.24) is 19.7 Å². The normalized spacial score (nSPS) is 10.8. The summed E-state index contributed by atoms with van der Waals surface area (Å²) < 4.78 is 2.37. The Morgan fingerprint density at radius 3 is 3.00 bits per heavy atom. The average Bonchev–Trinajstić information content (AvgIpc) is 3.03. The summed E-state index contributed by atoms with van der Waals surface area (Å²) in [6.45, 7) is 0.317. The number of fused-ring (bicyclic) bond motifs is 1. The highest BCUT2D eigenvalue weighted by molar-refractivity contribution is 7.16. The highest BCUT2D eigenvalue weighted by Crippen LogP contribution is 2.34. The maximum Gasteiger partial charge on any atom is 0.319 e. The number of benzene rings is 1. The number of hydrogen-bond donors (Lipinski definition) is 1. The lowest BCUT2D eigenvalue weighted by molar-refractivity contribution is -0.382. The van der Waals surface area contributed by atoms with Gasteiger partial charge in [-0.15, -0.1) is 11.3 Å².